The van der Waals surface area contributed by atoms with Crippen LogP contribution in [0.1, 0.15) is 27.0 Å². The predicted molar refractivity (Wildman–Crippen MR) is 79.0 cm³/mol. The average Bonchev–Trinajstić information content (AvgIpc) is 2.42. The molecule has 1 heterocycles. The van der Waals surface area contributed by atoms with Crippen LogP contribution in [-0.2, 0) is 6.54 Å². The highest BCUT2D eigenvalue weighted by Gasteiger charge is 2.08. The summed E-state index contributed by atoms with van der Waals surface area (Å²) in [6.45, 7) is 3.79. The largest absolute Gasteiger partial charge is 0.348 e. The minimum absolute atomic E-state index is 0.187. The van der Waals surface area contributed by atoms with Gasteiger partial charge in [0, 0.05) is 18.3 Å². The third kappa shape index (κ3) is 3.42. The van der Waals surface area contributed by atoms with E-state index in [1.54, 1.807) is 44.3 Å². The van der Waals surface area contributed by atoms with Gasteiger partial charge in [-0.3, -0.25) is 4.79 Å². The van der Waals surface area contributed by atoms with Crippen LogP contribution in [0.2, 0.25) is 0 Å². The van der Waals surface area contributed by atoms with Crippen LogP contribution in [-0.4, -0.2) is 10.9 Å². The Morgan fingerprint density at radius 3 is 2.55 bits per heavy atom. The molecule has 1 aromatic heterocycles. The van der Waals surface area contributed by atoms with E-state index in [9.17, 15) is 9.18 Å². The van der Waals surface area contributed by atoms with Crippen molar-refractivity contribution in [2.75, 3.05) is 0 Å². The Balaban J connectivity index is 2.07. The second-order valence-corrected chi connectivity index (χ2v) is 5.41. The van der Waals surface area contributed by atoms with E-state index < -0.39 is 0 Å². The predicted octanol–water partition coefficient (Wildman–Crippen LogP) is 3.53. The van der Waals surface area contributed by atoms with Gasteiger partial charge in [0.15, 0.2) is 0 Å². The standard InChI is InChI=1S/C15H14BrFN2O/c1-9-5-11(6-10(2)14(9)17)8-19-15(20)12-3-4-18-13(16)7-12/h3-7H,8H2,1-2H3,(H,19,20). The van der Waals surface area contributed by atoms with Crippen molar-refractivity contribution in [3.8, 4) is 0 Å². The van der Waals surface area contributed by atoms with Gasteiger partial charge in [-0.25, -0.2) is 9.37 Å². The highest BCUT2D eigenvalue weighted by Crippen LogP contribution is 2.15. The van der Waals surface area contributed by atoms with Gasteiger partial charge in [0.25, 0.3) is 5.91 Å². The Morgan fingerprint density at radius 1 is 1.30 bits per heavy atom. The number of amides is 1. The van der Waals surface area contributed by atoms with Crippen LogP contribution in [0, 0.1) is 19.7 Å². The van der Waals surface area contributed by atoms with Crippen LogP contribution >= 0.6 is 15.9 Å². The van der Waals surface area contributed by atoms with Crippen molar-refractivity contribution in [1.82, 2.24) is 10.3 Å². The summed E-state index contributed by atoms with van der Waals surface area (Å²) in [5.74, 6) is -0.383. The highest BCUT2D eigenvalue weighted by atomic mass is 79.9. The lowest BCUT2D eigenvalue weighted by Crippen LogP contribution is -2.23. The van der Waals surface area contributed by atoms with Gasteiger partial charge in [-0.15, -0.1) is 0 Å². The maximum absolute atomic E-state index is 13.5. The second kappa shape index (κ2) is 6.13. The van der Waals surface area contributed by atoms with E-state index in [2.05, 4.69) is 26.2 Å². The number of benzene rings is 1. The number of aryl methyl sites for hydroxylation is 2. The summed E-state index contributed by atoms with van der Waals surface area (Å²) in [5, 5.41) is 2.81. The molecule has 20 heavy (non-hydrogen) atoms. The van der Waals surface area contributed by atoms with Gasteiger partial charge >= 0.3 is 0 Å². The first-order valence-electron chi connectivity index (χ1n) is 6.13. The quantitative estimate of drug-likeness (QED) is 0.871. The van der Waals surface area contributed by atoms with E-state index in [1.807, 2.05) is 0 Å². The molecule has 0 fully saturated rings. The van der Waals surface area contributed by atoms with E-state index in [4.69, 9.17) is 0 Å². The maximum atomic E-state index is 13.5. The Bertz CT molecular complexity index is 635. The third-order valence-electron chi connectivity index (χ3n) is 2.94. The number of nitrogens with one attached hydrogen (secondary N) is 1. The van der Waals surface area contributed by atoms with Crippen molar-refractivity contribution in [3.63, 3.8) is 0 Å². The molecule has 104 valence electrons. The molecule has 3 nitrogen and oxygen atoms in total. The fourth-order valence-electron chi connectivity index (χ4n) is 1.97. The maximum Gasteiger partial charge on any atom is 0.251 e. The SMILES string of the molecule is Cc1cc(CNC(=O)c2ccnc(Br)c2)cc(C)c1F. The summed E-state index contributed by atoms with van der Waals surface area (Å²) in [7, 11) is 0. The lowest BCUT2D eigenvalue weighted by Gasteiger charge is -2.08. The van der Waals surface area contributed by atoms with Crippen LogP contribution in [0.25, 0.3) is 0 Å². The molecule has 0 aliphatic heterocycles. The zero-order valence-corrected chi connectivity index (χ0v) is 12.8. The minimum atomic E-state index is -0.196. The van der Waals surface area contributed by atoms with Crippen molar-refractivity contribution in [3.05, 3.63) is 63.1 Å². The van der Waals surface area contributed by atoms with Crippen LogP contribution in [0.3, 0.4) is 0 Å². The molecule has 0 bridgehead atoms. The van der Waals surface area contributed by atoms with E-state index >= 15 is 0 Å². The molecule has 0 aliphatic carbocycles. The van der Waals surface area contributed by atoms with Gasteiger partial charge in [0.05, 0.1) is 0 Å². The Hall–Kier alpha value is -1.75. The minimum Gasteiger partial charge on any atom is -0.348 e. The molecule has 1 N–H and O–H groups in total. The number of aromatic nitrogens is 1. The van der Waals surface area contributed by atoms with Crippen LogP contribution < -0.4 is 5.32 Å². The number of hydrogen-bond donors (Lipinski definition) is 1. The molecule has 2 aromatic rings. The van der Waals surface area contributed by atoms with Crippen molar-refractivity contribution in [2.45, 2.75) is 20.4 Å². The molecule has 2 rings (SSSR count). The molecule has 5 heteroatoms. The number of pyridine rings is 1. The number of carbonyl (C=O) groups excluding carboxylic acids is 1. The van der Waals surface area contributed by atoms with Crippen molar-refractivity contribution in [2.24, 2.45) is 0 Å². The molecule has 0 unspecified atom stereocenters. The Kier molecular flexibility index (Phi) is 4.49. The van der Waals surface area contributed by atoms with E-state index in [0.29, 0.717) is 27.8 Å². The first-order chi connectivity index (χ1) is 9.47. The summed E-state index contributed by atoms with van der Waals surface area (Å²) in [6, 6.07) is 6.77. The van der Waals surface area contributed by atoms with E-state index in [-0.39, 0.29) is 11.7 Å². The zero-order chi connectivity index (χ0) is 14.7. The normalized spacial score (nSPS) is 10.4. The van der Waals surface area contributed by atoms with Gasteiger partial charge in [-0.1, -0.05) is 12.1 Å². The first kappa shape index (κ1) is 14.7. The molecular weight excluding hydrogens is 323 g/mol. The van der Waals surface area contributed by atoms with Crippen molar-refractivity contribution < 1.29 is 9.18 Å². The van der Waals surface area contributed by atoms with Crippen molar-refractivity contribution >= 4 is 21.8 Å². The molecule has 0 aliphatic rings. The number of halogens is 2. The first-order valence-corrected chi connectivity index (χ1v) is 6.92. The lowest BCUT2D eigenvalue weighted by molar-refractivity contribution is 0.0950. The summed E-state index contributed by atoms with van der Waals surface area (Å²) >= 11 is 3.22. The summed E-state index contributed by atoms with van der Waals surface area (Å²) in [5.41, 5.74) is 2.58. The molecule has 0 spiro atoms. The van der Waals surface area contributed by atoms with Gasteiger partial charge in [-0.2, -0.15) is 0 Å². The van der Waals surface area contributed by atoms with E-state index in [0.717, 1.165) is 5.56 Å². The second-order valence-electron chi connectivity index (χ2n) is 4.59. The zero-order valence-electron chi connectivity index (χ0n) is 11.2. The molecule has 1 amide bonds. The lowest BCUT2D eigenvalue weighted by atomic mass is 10.1. The van der Waals surface area contributed by atoms with Crippen LogP contribution in [0.5, 0.6) is 0 Å². The van der Waals surface area contributed by atoms with Gasteiger partial charge < -0.3 is 5.32 Å². The van der Waals surface area contributed by atoms with Gasteiger partial charge in [0.2, 0.25) is 0 Å². The molecule has 0 saturated carbocycles. The van der Waals surface area contributed by atoms with E-state index in [1.165, 1.54) is 0 Å². The summed E-state index contributed by atoms with van der Waals surface area (Å²) in [6.07, 6.45) is 1.56. The monoisotopic (exact) mass is 336 g/mol. The third-order valence-corrected chi connectivity index (χ3v) is 3.37. The number of rotatable bonds is 3. The molecule has 1 aromatic carbocycles. The Morgan fingerprint density at radius 2 is 1.95 bits per heavy atom. The number of carbonyl (C=O) groups is 1. The summed E-state index contributed by atoms with van der Waals surface area (Å²) < 4.78 is 14.1. The van der Waals surface area contributed by atoms with Crippen molar-refractivity contribution in [1.29, 1.82) is 0 Å². The highest BCUT2D eigenvalue weighted by molar-refractivity contribution is 9.10. The topological polar surface area (TPSA) is 42.0 Å². The number of hydrogen-bond acceptors (Lipinski definition) is 2. The Labute approximate surface area is 125 Å². The molecule has 0 radical (unpaired) electrons. The molecule has 0 atom stereocenters. The van der Waals surface area contributed by atoms with Crippen LogP contribution in [0.15, 0.2) is 35.1 Å². The smallest absolute Gasteiger partial charge is 0.251 e. The number of nitrogens with zero attached hydrogens (tertiary/aromatic N) is 1. The molecular formula is C15H14BrFN2O. The van der Waals surface area contributed by atoms with Crippen LogP contribution in [0.4, 0.5) is 4.39 Å². The fraction of sp³-hybridized carbons (Fsp3) is 0.200. The molecule has 0 saturated heterocycles. The fourth-order valence-corrected chi connectivity index (χ4v) is 2.33. The van der Waals surface area contributed by atoms with Gasteiger partial charge in [-0.05, 0) is 58.6 Å². The van der Waals surface area contributed by atoms with Gasteiger partial charge in [0.1, 0.15) is 10.4 Å². The average molecular weight is 337 g/mol. The summed E-state index contributed by atoms with van der Waals surface area (Å²) in [4.78, 5) is 15.9.